The second-order valence-electron chi connectivity index (χ2n) is 8.55. The maximum Gasteiger partial charge on any atom is 0.306 e. The number of hydrogen-bond donors (Lipinski definition) is 2. The number of piperidine rings is 1. The Labute approximate surface area is 176 Å². The number of aromatic amines is 1. The molecule has 2 heterocycles. The molecule has 1 saturated heterocycles. The van der Waals surface area contributed by atoms with Gasteiger partial charge >= 0.3 is 5.97 Å². The molecule has 2 fully saturated rings. The molecule has 4 rings (SSSR count). The van der Waals surface area contributed by atoms with E-state index >= 15 is 0 Å². The Morgan fingerprint density at radius 1 is 1.28 bits per heavy atom. The first-order valence-electron chi connectivity index (χ1n) is 10.8. The third-order valence-corrected chi connectivity index (χ3v) is 7.37. The van der Waals surface area contributed by atoms with Gasteiger partial charge in [0.25, 0.3) is 0 Å². The van der Waals surface area contributed by atoms with E-state index in [1.807, 2.05) is 29.3 Å². The zero-order valence-electron chi connectivity index (χ0n) is 16.9. The van der Waals surface area contributed by atoms with Gasteiger partial charge in [-0.25, -0.2) is 0 Å². The van der Waals surface area contributed by atoms with Gasteiger partial charge in [-0.1, -0.05) is 37.4 Å². The van der Waals surface area contributed by atoms with Crippen molar-refractivity contribution < 1.29 is 14.7 Å². The number of halogens is 1. The second-order valence-corrected chi connectivity index (χ2v) is 8.96. The number of benzene rings is 1. The number of nitrogens with zero attached hydrogens (tertiary/aromatic N) is 1. The van der Waals surface area contributed by atoms with Crippen LogP contribution in [0.4, 0.5) is 0 Å². The number of carboxylic acids is 1. The maximum atomic E-state index is 13.4. The van der Waals surface area contributed by atoms with Gasteiger partial charge in [0.15, 0.2) is 0 Å². The van der Waals surface area contributed by atoms with Crippen molar-refractivity contribution in [3.8, 4) is 0 Å². The third kappa shape index (κ3) is 3.77. The Morgan fingerprint density at radius 3 is 2.83 bits per heavy atom. The topological polar surface area (TPSA) is 73.4 Å². The molecular formula is C23H29ClN2O3. The fraction of sp³-hybridized carbons (Fsp3) is 0.565. The third-order valence-electron chi connectivity index (χ3n) is 7.06. The predicted molar refractivity (Wildman–Crippen MR) is 114 cm³/mol. The van der Waals surface area contributed by atoms with Crippen LogP contribution in [0.5, 0.6) is 0 Å². The lowest BCUT2D eigenvalue weighted by Gasteiger charge is -2.47. The molecule has 4 unspecified atom stereocenters. The van der Waals surface area contributed by atoms with Crippen molar-refractivity contribution in [2.75, 3.05) is 6.54 Å². The van der Waals surface area contributed by atoms with Crippen molar-refractivity contribution in [1.82, 2.24) is 9.88 Å². The molecule has 0 bridgehead atoms. The average molecular weight is 417 g/mol. The van der Waals surface area contributed by atoms with Crippen molar-refractivity contribution in [3.05, 3.63) is 35.0 Å². The zero-order valence-corrected chi connectivity index (χ0v) is 17.6. The van der Waals surface area contributed by atoms with Gasteiger partial charge in [0.05, 0.1) is 10.9 Å². The number of aliphatic carboxylic acids is 1. The molecule has 6 heteroatoms. The minimum absolute atomic E-state index is 0.0789. The Morgan fingerprint density at radius 2 is 2.07 bits per heavy atom. The Hall–Kier alpha value is -2.01. The van der Waals surface area contributed by atoms with E-state index in [9.17, 15) is 14.7 Å². The van der Waals surface area contributed by atoms with Gasteiger partial charge in [0.2, 0.25) is 5.91 Å². The molecule has 1 aliphatic carbocycles. The Kier molecular flexibility index (Phi) is 5.86. The van der Waals surface area contributed by atoms with Crippen LogP contribution in [-0.4, -0.2) is 39.5 Å². The van der Waals surface area contributed by atoms with Gasteiger partial charge in [-0.15, -0.1) is 0 Å². The van der Waals surface area contributed by atoms with Crippen LogP contribution in [0.15, 0.2) is 24.4 Å². The number of carbonyl (C=O) groups is 2. The number of rotatable bonds is 5. The van der Waals surface area contributed by atoms with Gasteiger partial charge in [0, 0.05) is 36.1 Å². The monoisotopic (exact) mass is 416 g/mol. The number of carbonyl (C=O) groups excluding carboxylic acids is 1. The summed E-state index contributed by atoms with van der Waals surface area (Å²) in [7, 11) is 0. The normalized spacial score (nSPS) is 25.6. The van der Waals surface area contributed by atoms with E-state index in [0.29, 0.717) is 24.4 Å². The van der Waals surface area contributed by atoms with Crippen LogP contribution in [0, 0.1) is 11.8 Å². The fourth-order valence-electron chi connectivity index (χ4n) is 5.56. The van der Waals surface area contributed by atoms with Gasteiger partial charge in [-0.2, -0.15) is 0 Å². The van der Waals surface area contributed by atoms with Crippen LogP contribution in [-0.2, 0) is 9.59 Å². The molecule has 5 nitrogen and oxygen atoms in total. The first kappa shape index (κ1) is 20.3. The van der Waals surface area contributed by atoms with Gasteiger partial charge in [-0.3, -0.25) is 9.59 Å². The summed E-state index contributed by atoms with van der Waals surface area (Å²) in [6.07, 6.45) is 7.83. The summed E-state index contributed by atoms with van der Waals surface area (Å²) in [6, 6.07) is 5.89. The molecule has 1 amide bonds. The predicted octanol–water partition coefficient (Wildman–Crippen LogP) is 5.20. The SMILES string of the molecule is CCC(CC(=O)N1CCC(C(=O)O)C2CCCCC21)c1c[nH]c2cccc(Cl)c12. The fourth-order valence-corrected chi connectivity index (χ4v) is 5.84. The molecule has 2 aromatic rings. The smallest absolute Gasteiger partial charge is 0.306 e. The van der Waals surface area contributed by atoms with E-state index in [0.717, 1.165) is 48.6 Å². The van der Waals surface area contributed by atoms with Crippen LogP contribution in [0.3, 0.4) is 0 Å². The standard InChI is InChI=1S/C23H29ClN2O3/c1-2-14(17-13-25-19-8-5-7-18(24)22(17)19)12-21(27)26-11-10-16(23(28)29)15-6-3-4-9-20(15)26/h5,7-8,13-16,20,25H,2-4,6,9-12H2,1H3,(H,28,29). The maximum absolute atomic E-state index is 13.4. The lowest BCUT2D eigenvalue weighted by atomic mass is 9.71. The average Bonchev–Trinajstić information content (AvgIpc) is 3.16. The number of fused-ring (bicyclic) bond motifs is 2. The molecule has 1 aromatic carbocycles. The van der Waals surface area contributed by atoms with Crippen LogP contribution >= 0.6 is 11.6 Å². The molecule has 4 atom stereocenters. The molecule has 156 valence electrons. The molecule has 2 aliphatic rings. The van der Waals surface area contributed by atoms with E-state index in [2.05, 4.69) is 11.9 Å². The molecule has 2 N–H and O–H groups in total. The quantitative estimate of drug-likeness (QED) is 0.703. The minimum Gasteiger partial charge on any atom is -0.481 e. The number of amides is 1. The largest absolute Gasteiger partial charge is 0.481 e. The van der Waals surface area contributed by atoms with Crippen molar-refractivity contribution >= 4 is 34.4 Å². The van der Waals surface area contributed by atoms with Gasteiger partial charge in [0.1, 0.15) is 0 Å². The minimum atomic E-state index is -0.700. The van der Waals surface area contributed by atoms with E-state index in [-0.39, 0.29) is 29.7 Å². The summed E-state index contributed by atoms with van der Waals surface area (Å²) in [6.45, 7) is 2.66. The zero-order chi connectivity index (χ0) is 20.5. The van der Waals surface area contributed by atoms with E-state index in [4.69, 9.17) is 11.6 Å². The number of carboxylic acid groups (broad SMARTS) is 1. The summed E-state index contributed by atoms with van der Waals surface area (Å²) >= 11 is 6.46. The van der Waals surface area contributed by atoms with Crippen molar-refractivity contribution in [1.29, 1.82) is 0 Å². The van der Waals surface area contributed by atoms with Crippen LogP contribution in [0.1, 0.15) is 63.4 Å². The highest BCUT2D eigenvalue weighted by Gasteiger charge is 2.44. The first-order valence-corrected chi connectivity index (χ1v) is 11.2. The molecule has 1 aromatic heterocycles. The molecular weight excluding hydrogens is 388 g/mol. The number of likely N-dealkylation sites (tertiary alicyclic amines) is 1. The molecule has 0 radical (unpaired) electrons. The van der Waals surface area contributed by atoms with E-state index in [1.165, 1.54) is 0 Å². The number of H-pyrrole nitrogens is 1. The van der Waals surface area contributed by atoms with Crippen LogP contribution in [0.25, 0.3) is 10.9 Å². The van der Waals surface area contributed by atoms with Gasteiger partial charge < -0.3 is 15.0 Å². The first-order chi connectivity index (χ1) is 14.0. The molecule has 29 heavy (non-hydrogen) atoms. The van der Waals surface area contributed by atoms with E-state index < -0.39 is 5.97 Å². The highest BCUT2D eigenvalue weighted by molar-refractivity contribution is 6.35. The molecule has 1 aliphatic heterocycles. The number of aromatic nitrogens is 1. The summed E-state index contributed by atoms with van der Waals surface area (Å²) in [4.78, 5) is 30.3. The summed E-state index contributed by atoms with van der Waals surface area (Å²) in [5, 5.41) is 11.3. The summed E-state index contributed by atoms with van der Waals surface area (Å²) < 4.78 is 0. The summed E-state index contributed by atoms with van der Waals surface area (Å²) in [5.41, 5.74) is 2.09. The van der Waals surface area contributed by atoms with Gasteiger partial charge in [-0.05, 0) is 55.2 Å². The van der Waals surface area contributed by atoms with Crippen molar-refractivity contribution in [3.63, 3.8) is 0 Å². The second kappa shape index (κ2) is 8.39. The Bertz CT molecular complexity index is 909. The van der Waals surface area contributed by atoms with Crippen LogP contribution in [0.2, 0.25) is 5.02 Å². The molecule has 1 saturated carbocycles. The Balaban J connectivity index is 1.55. The number of nitrogens with one attached hydrogen (secondary N) is 1. The molecule has 0 spiro atoms. The van der Waals surface area contributed by atoms with Crippen LogP contribution < -0.4 is 0 Å². The highest BCUT2D eigenvalue weighted by atomic mass is 35.5. The number of hydrogen-bond acceptors (Lipinski definition) is 2. The lowest BCUT2D eigenvalue weighted by molar-refractivity contribution is -0.153. The summed E-state index contributed by atoms with van der Waals surface area (Å²) in [5.74, 6) is -0.663. The highest BCUT2D eigenvalue weighted by Crippen LogP contribution is 2.41. The van der Waals surface area contributed by atoms with Crippen molar-refractivity contribution in [2.45, 2.75) is 63.8 Å². The van der Waals surface area contributed by atoms with E-state index in [1.54, 1.807) is 0 Å². The lowest BCUT2D eigenvalue weighted by Crippen LogP contribution is -2.54. The van der Waals surface area contributed by atoms with Crippen molar-refractivity contribution in [2.24, 2.45) is 11.8 Å².